The van der Waals surface area contributed by atoms with Gasteiger partial charge in [-0.3, -0.25) is 0 Å². The van der Waals surface area contributed by atoms with Crippen molar-refractivity contribution in [2.75, 3.05) is 6.54 Å². The van der Waals surface area contributed by atoms with Crippen molar-refractivity contribution >= 4 is 10.0 Å². The number of nitrogens with one attached hydrogen (secondary N) is 1. The molecule has 4 nitrogen and oxygen atoms in total. The van der Waals surface area contributed by atoms with E-state index in [2.05, 4.69) is 4.72 Å². The lowest BCUT2D eigenvalue weighted by atomic mass is 10.1. The van der Waals surface area contributed by atoms with E-state index in [1.54, 1.807) is 43.3 Å². The number of benzene rings is 2. The van der Waals surface area contributed by atoms with Crippen LogP contribution in [0.3, 0.4) is 0 Å². The van der Waals surface area contributed by atoms with Gasteiger partial charge in [0.25, 0.3) is 0 Å². The van der Waals surface area contributed by atoms with E-state index in [0.717, 1.165) is 5.56 Å². The topological polar surface area (TPSA) is 66.4 Å². The largest absolute Gasteiger partial charge is 0.387 e. The summed E-state index contributed by atoms with van der Waals surface area (Å²) in [4.78, 5) is 0.244. The fraction of sp³-hybridized carbons (Fsp3) is 0.250. The Morgan fingerprint density at radius 3 is 2.38 bits per heavy atom. The molecule has 0 fully saturated rings. The molecule has 0 spiro atoms. The van der Waals surface area contributed by atoms with Crippen LogP contribution in [0.25, 0.3) is 0 Å². The molecule has 2 aromatic carbocycles. The van der Waals surface area contributed by atoms with Gasteiger partial charge in [0.05, 0.1) is 11.0 Å². The van der Waals surface area contributed by atoms with Gasteiger partial charge in [-0.2, -0.15) is 0 Å². The molecular formula is C16H19NO3S. The summed E-state index contributed by atoms with van der Waals surface area (Å²) in [6.45, 7) is 3.62. The van der Waals surface area contributed by atoms with Crippen LogP contribution < -0.4 is 4.72 Å². The third-order valence-corrected chi connectivity index (χ3v) is 4.85. The van der Waals surface area contributed by atoms with Gasteiger partial charge in [-0.1, -0.05) is 48.0 Å². The second kappa shape index (κ2) is 6.39. The van der Waals surface area contributed by atoms with E-state index in [1.807, 2.05) is 19.1 Å². The smallest absolute Gasteiger partial charge is 0.240 e. The number of aliphatic hydroxyl groups is 1. The summed E-state index contributed by atoms with van der Waals surface area (Å²) >= 11 is 0. The monoisotopic (exact) mass is 305 g/mol. The summed E-state index contributed by atoms with van der Waals surface area (Å²) in [6, 6.07) is 14.1. The van der Waals surface area contributed by atoms with E-state index < -0.39 is 16.1 Å². The van der Waals surface area contributed by atoms with Crippen molar-refractivity contribution in [1.82, 2.24) is 4.72 Å². The number of hydrogen-bond acceptors (Lipinski definition) is 3. The number of aliphatic hydroxyl groups excluding tert-OH is 1. The van der Waals surface area contributed by atoms with Gasteiger partial charge in [0.2, 0.25) is 10.0 Å². The van der Waals surface area contributed by atoms with E-state index in [-0.39, 0.29) is 11.4 Å². The molecule has 0 amide bonds. The maximum atomic E-state index is 12.3. The van der Waals surface area contributed by atoms with Crippen LogP contribution in [0.5, 0.6) is 0 Å². The van der Waals surface area contributed by atoms with Gasteiger partial charge < -0.3 is 5.11 Å². The molecule has 2 aromatic rings. The van der Waals surface area contributed by atoms with Crippen LogP contribution >= 0.6 is 0 Å². The highest BCUT2D eigenvalue weighted by atomic mass is 32.2. The zero-order chi connectivity index (χ0) is 15.5. The van der Waals surface area contributed by atoms with Gasteiger partial charge in [-0.25, -0.2) is 13.1 Å². The molecule has 0 saturated carbocycles. The summed E-state index contributed by atoms with van der Waals surface area (Å²) in [5.74, 6) is 0. The van der Waals surface area contributed by atoms with Crippen molar-refractivity contribution < 1.29 is 13.5 Å². The van der Waals surface area contributed by atoms with Crippen LogP contribution in [0.1, 0.15) is 22.8 Å². The van der Waals surface area contributed by atoms with Gasteiger partial charge in [0.15, 0.2) is 0 Å². The summed E-state index contributed by atoms with van der Waals surface area (Å²) in [5.41, 5.74) is 2.38. The molecule has 0 heterocycles. The molecule has 0 aliphatic rings. The van der Waals surface area contributed by atoms with Crippen LogP contribution in [0.2, 0.25) is 0 Å². The fourth-order valence-electron chi connectivity index (χ4n) is 2.16. The van der Waals surface area contributed by atoms with Crippen LogP contribution in [0.4, 0.5) is 0 Å². The highest BCUT2D eigenvalue weighted by Gasteiger charge is 2.18. The van der Waals surface area contributed by atoms with E-state index in [9.17, 15) is 13.5 Å². The molecule has 0 bridgehead atoms. The minimum atomic E-state index is -3.62. The quantitative estimate of drug-likeness (QED) is 0.891. The Kier molecular flexibility index (Phi) is 4.77. The fourth-order valence-corrected chi connectivity index (χ4v) is 3.42. The molecule has 0 radical (unpaired) electrons. The van der Waals surface area contributed by atoms with Crippen LogP contribution in [0.15, 0.2) is 53.4 Å². The molecule has 1 atom stereocenters. The molecule has 21 heavy (non-hydrogen) atoms. The molecule has 112 valence electrons. The molecule has 1 unspecified atom stereocenters. The first-order valence-corrected chi connectivity index (χ1v) is 8.18. The third kappa shape index (κ3) is 3.91. The molecular weight excluding hydrogens is 286 g/mol. The van der Waals surface area contributed by atoms with Crippen molar-refractivity contribution in [3.05, 3.63) is 65.2 Å². The minimum Gasteiger partial charge on any atom is -0.387 e. The highest BCUT2D eigenvalue weighted by molar-refractivity contribution is 7.89. The molecule has 5 heteroatoms. The zero-order valence-electron chi connectivity index (χ0n) is 12.1. The lowest BCUT2D eigenvalue weighted by Gasteiger charge is -2.14. The minimum absolute atomic E-state index is 0.0559. The normalized spacial score (nSPS) is 13.1. The first kappa shape index (κ1) is 15.7. The first-order chi connectivity index (χ1) is 9.90. The average Bonchev–Trinajstić information content (AvgIpc) is 2.45. The van der Waals surface area contributed by atoms with Gasteiger partial charge in [0.1, 0.15) is 0 Å². The van der Waals surface area contributed by atoms with Gasteiger partial charge in [0, 0.05) is 6.54 Å². The Hall–Kier alpha value is -1.69. The Bertz CT molecular complexity index is 712. The molecule has 2 rings (SSSR count). The molecule has 0 aromatic heterocycles. The number of rotatable bonds is 5. The van der Waals surface area contributed by atoms with Crippen LogP contribution in [-0.4, -0.2) is 20.1 Å². The first-order valence-electron chi connectivity index (χ1n) is 6.70. The van der Waals surface area contributed by atoms with Crippen molar-refractivity contribution in [3.8, 4) is 0 Å². The Labute approximate surface area is 125 Å². The number of sulfonamides is 1. The van der Waals surface area contributed by atoms with Gasteiger partial charge in [-0.15, -0.1) is 0 Å². The predicted molar refractivity (Wildman–Crippen MR) is 82.5 cm³/mol. The Balaban J connectivity index is 2.11. The molecule has 2 N–H and O–H groups in total. The second-order valence-electron chi connectivity index (χ2n) is 5.05. The highest BCUT2D eigenvalue weighted by Crippen LogP contribution is 2.17. The van der Waals surface area contributed by atoms with Crippen molar-refractivity contribution in [1.29, 1.82) is 0 Å². The average molecular weight is 305 g/mol. The van der Waals surface area contributed by atoms with Crippen LogP contribution in [-0.2, 0) is 10.0 Å². The van der Waals surface area contributed by atoms with Crippen LogP contribution in [0, 0.1) is 13.8 Å². The lowest BCUT2D eigenvalue weighted by Crippen LogP contribution is -2.29. The van der Waals surface area contributed by atoms with Crippen molar-refractivity contribution in [2.24, 2.45) is 0 Å². The van der Waals surface area contributed by atoms with Gasteiger partial charge >= 0.3 is 0 Å². The van der Waals surface area contributed by atoms with Crippen molar-refractivity contribution in [2.45, 2.75) is 24.8 Å². The lowest BCUT2D eigenvalue weighted by molar-refractivity contribution is 0.182. The Morgan fingerprint density at radius 1 is 1.10 bits per heavy atom. The number of aryl methyl sites for hydroxylation is 2. The SMILES string of the molecule is Cc1ccc(S(=O)(=O)NCC(O)c2ccccc2)c(C)c1. The van der Waals surface area contributed by atoms with E-state index in [1.165, 1.54) is 0 Å². The predicted octanol–water partition coefficient (Wildman–Crippen LogP) is 2.32. The maximum Gasteiger partial charge on any atom is 0.240 e. The van der Waals surface area contributed by atoms with E-state index >= 15 is 0 Å². The molecule has 0 aliphatic heterocycles. The maximum absolute atomic E-state index is 12.3. The zero-order valence-corrected chi connectivity index (χ0v) is 12.9. The second-order valence-corrected chi connectivity index (χ2v) is 6.78. The summed E-state index contributed by atoms with van der Waals surface area (Å²) in [7, 11) is -3.62. The molecule has 0 aliphatic carbocycles. The van der Waals surface area contributed by atoms with E-state index in [0.29, 0.717) is 11.1 Å². The van der Waals surface area contributed by atoms with Crippen molar-refractivity contribution in [3.63, 3.8) is 0 Å². The third-order valence-electron chi connectivity index (χ3n) is 3.27. The number of hydrogen-bond donors (Lipinski definition) is 2. The molecule has 0 saturated heterocycles. The standard InChI is InChI=1S/C16H19NO3S/c1-12-8-9-16(13(2)10-12)21(19,20)17-11-15(18)14-6-4-3-5-7-14/h3-10,15,17-18H,11H2,1-2H3. The Morgan fingerprint density at radius 2 is 1.76 bits per heavy atom. The summed E-state index contributed by atoms with van der Waals surface area (Å²) in [6.07, 6.45) is -0.869. The summed E-state index contributed by atoms with van der Waals surface area (Å²) in [5, 5.41) is 10.0. The van der Waals surface area contributed by atoms with E-state index in [4.69, 9.17) is 0 Å². The summed E-state index contributed by atoms with van der Waals surface area (Å²) < 4.78 is 27.0. The van der Waals surface area contributed by atoms with Gasteiger partial charge in [-0.05, 0) is 31.0 Å².